The van der Waals surface area contributed by atoms with E-state index in [1.807, 2.05) is 0 Å². The second-order valence-electron chi connectivity index (χ2n) is 6.62. The van der Waals surface area contributed by atoms with Crippen LogP contribution in [0.25, 0.3) is 22.1 Å². The van der Waals surface area contributed by atoms with Gasteiger partial charge < -0.3 is 20.3 Å². The molecule has 0 aliphatic heterocycles. The van der Waals surface area contributed by atoms with Crippen LogP contribution in [0.3, 0.4) is 0 Å². The smallest absolute Gasteiger partial charge is 0.352 e. The molecule has 0 spiro atoms. The summed E-state index contributed by atoms with van der Waals surface area (Å²) in [6.07, 6.45) is 0.302. The predicted octanol–water partition coefficient (Wildman–Crippen LogP) is 0.604. The summed E-state index contributed by atoms with van der Waals surface area (Å²) in [5.41, 5.74) is 2.20. The van der Waals surface area contributed by atoms with Gasteiger partial charge >= 0.3 is 5.82 Å². The molecule has 0 saturated heterocycles. The van der Waals surface area contributed by atoms with Crippen LogP contribution in [0.15, 0.2) is 42.5 Å². The number of carbonyl (C=O) groups is 1. The molecule has 2 heterocycles. The predicted molar refractivity (Wildman–Crippen MR) is 102 cm³/mol. The number of carboxylic acids is 1. The van der Waals surface area contributed by atoms with Crippen molar-refractivity contribution in [2.75, 3.05) is 5.32 Å². The number of hydrogen-bond acceptors (Lipinski definition) is 7. The van der Waals surface area contributed by atoms with Crippen LogP contribution in [0.1, 0.15) is 25.1 Å². The fraction of sp³-hybridized carbons (Fsp3) is 0.211. The van der Waals surface area contributed by atoms with Crippen LogP contribution in [0.4, 0.5) is 11.5 Å². The quantitative estimate of drug-likeness (QED) is 0.387. The molecule has 0 saturated carbocycles. The summed E-state index contributed by atoms with van der Waals surface area (Å²) in [6, 6.07) is 10.5. The Morgan fingerprint density at radius 1 is 1.17 bits per heavy atom. The summed E-state index contributed by atoms with van der Waals surface area (Å²) in [7, 11) is 0. The highest BCUT2D eigenvalue weighted by atomic mass is 16.5. The van der Waals surface area contributed by atoms with Gasteiger partial charge in [0.25, 0.3) is 11.2 Å². The Kier molecular flexibility index (Phi) is 4.38. The maximum absolute atomic E-state index is 12.8. The van der Waals surface area contributed by atoms with Crippen LogP contribution in [-0.2, 0) is 4.79 Å². The summed E-state index contributed by atoms with van der Waals surface area (Å²) in [4.78, 5) is 11.3. The van der Waals surface area contributed by atoms with Gasteiger partial charge in [-0.25, -0.2) is 14.7 Å². The van der Waals surface area contributed by atoms with Gasteiger partial charge in [-0.2, -0.15) is 4.73 Å². The Morgan fingerprint density at radius 2 is 1.86 bits per heavy atom. The first-order chi connectivity index (χ1) is 13.9. The van der Waals surface area contributed by atoms with Crippen molar-refractivity contribution in [1.29, 1.82) is 0 Å². The van der Waals surface area contributed by atoms with Crippen LogP contribution < -0.4 is 19.9 Å². The van der Waals surface area contributed by atoms with E-state index in [4.69, 9.17) is 0 Å². The second kappa shape index (κ2) is 6.89. The zero-order valence-corrected chi connectivity index (χ0v) is 15.7. The maximum atomic E-state index is 12.8. The molecule has 1 atom stereocenters. The highest BCUT2D eigenvalue weighted by Crippen LogP contribution is 2.24. The Bertz CT molecular complexity index is 1250. The summed E-state index contributed by atoms with van der Waals surface area (Å²) in [5, 5.41) is 47.5. The summed E-state index contributed by atoms with van der Waals surface area (Å²) in [5.74, 6) is -1.15. The average Bonchev–Trinajstić information content (AvgIpc) is 3.13. The van der Waals surface area contributed by atoms with Crippen molar-refractivity contribution < 1.29 is 19.4 Å². The van der Waals surface area contributed by atoms with Crippen LogP contribution in [0.5, 0.6) is 0 Å². The van der Waals surface area contributed by atoms with E-state index in [2.05, 4.69) is 15.6 Å². The lowest BCUT2D eigenvalue weighted by Gasteiger charge is -2.16. The zero-order chi connectivity index (χ0) is 20.7. The first-order valence-electron chi connectivity index (χ1n) is 8.99. The molecule has 4 rings (SSSR count). The number of para-hydroxylation sites is 2. The van der Waals surface area contributed by atoms with Gasteiger partial charge in [0.15, 0.2) is 0 Å². The SMILES string of the molecule is CCC(C(=O)[O-])n1nnc2cc(Nc3c(C)[n+]([O-])c4ccccc4[n+]3[O-])ccc21. The van der Waals surface area contributed by atoms with E-state index < -0.39 is 12.0 Å². The molecule has 2 aromatic carbocycles. The number of carboxylic acid groups (broad SMARTS) is 1. The highest BCUT2D eigenvalue weighted by molar-refractivity contribution is 5.82. The standard InChI is InChI=1S/C19H18N6O4/c1-3-14(19(26)27)23-15-9-8-12(10-13(15)21-22-23)20-18-11(2)24(28)16-6-4-5-7-17(16)25(18)29/h4-10,14,20H,3H2,1-2H3,(H,26,27)/p-1. The average molecular weight is 393 g/mol. The number of aliphatic carboxylic acids is 1. The van der Waals surface area contributed by atoms with Crippen molar-refractivity contribution in [1.82, 2.24) is 15.0 Å². The normalized spacial score (nSPS) is 12.3. The minimum Gasteiger partial charge on any atom is -0.710 e. The number of aromatic nitrogens is 5. The number of nitrogens with one attached hydrogen (secondary N) is 1. The minimum absolute atomic E-state index is 0.0895. The third-order valence-corrected chi connectivity index (χ3v) is 4.86. The van der Waals surface area contributed by atoms with Gasteiger partial charge in [-0.05, 0) is 24.6 Å². The van der Waals surface area contributed by atoms with Crippen molar-refractivity contribution in [2.24, 2.45) is 0 Å². The lowest BCUT2D eigenvalue weighted by molar-refractivity contribution is -0.623. The maximum Gasteiger partial charge on any atom is 0.352 e. The monoisotopic (exact) mass is 393 g/mol. The fourth-order valence-corrected chi connectivity index (χ4v) is 3.32. The van der Waals surface area contributed by atoms with Crippen molar-refractivity contribution in [3.8, 4) is 0 Å². The minimum atomic E-state index is -1.24. The summed E-state index contributed by atoms with van der Waals surface area (Å²) < 4.78 is 2.67. The molecule has 0 aliphatic carbocycles. The molecule has 29 heavy (non-hydrogen) atoms. The third kappa shape index (κ3) is 2.94. The topological polar surface area (TPSA) is 137 Å². The van der Waals surface area contributed by atoms with Gasteiger partial charge in [0.05, 0.1) is 17.5 Å². The van der Waals surface area contributed by atoms with Gasteiger partial charge in [-0.15, -0.1) is 5.10 Å². The van der Waals surface area contributed by atoms with E-state index in [-0.39, 0.29) is 22.5 Å². The first-order valence-corrected chi connectivity index (χ1v) is 8.99. The van der Waals surface area contributed by atoms with E-state index in [1.54, 1.807) is 56.3 Å². The molecule has 10 heteroatoms. The van der Waals surface area contributed by atoms with E-state index in [0.717, 1.165) is 0 Å². The van der Waals surface area contributed by atoms with Crippen molar-refractivity contribution in [3.63, 3.8) is 0 Å². The number of anilines is 2. The van der Waals surface area contributed by atoms with E-state index in [1.165, 1.54) is 4.68 Å². The number of carbonyl (C=O) groups excluding carboxylic acids is 1. The van der Waals surface area contributed by atoms with Crippen LogP contribution in [0, 0.1) is 17.3 Å². The van der Waals surface area contributed by atoms with E-state index in [0.29, 0.717) is 32.6 Å². The van der Waals surface area contributed by atoms with Gasteiger partial charge in [0.1, 0.15) is 11.2 Å². The van der Waals surface area contributed by atoms with Crippen molar-refractivity contribution >= 4 is 39.5 Å². The molecule has 1 unspecified atom stereocenters. The summed E-state index contributed by atoms with van der Waals surface area (Å²) in [6.45, 7) is 3.27. The van der Waals surface area contributed by atoms with Gasteiger partial charge in [0, 0.05) is 19.1 Å². The van der Waals surface area contributed by atoms with E-state index in [9.17, 15) is 20.3 Å². The molecule has 148 valence electrons. The molecular weight excluding hydrogens is 376 g/mol. The molecular formula is C19H17N6O4-. The van der Waals surface area contributed by atoms with Crippen LogP contribution in [0.2, 0.25) is 0 Å². The Balaban J connectivity index is 1.77. The van der Waals surface area contributed by atoms with Crippen molar-refractivity contribution in [2.45, 2.75) is 26.3 Å². The molecule has 0 radical (unpaired) electrons. The largest absolute Gasteiger partial charge is 0.710 e. The first kappa shape index (κ1) is 18.4. The molecule has 0 aliphatic rings. The number of nitrogens with zero attached hydrogens (tertiary/aromatic N) is 5. The number of hydrogen-bond donors (Lipinski definition) is 1. The Hall–Kier alpha value is -3.95. The highest BCUT2D eigenvalue weighted by Gasteiger charge is 2.24. The lowest BCUT2D eigenvalue weighted by Crippen LogP contribution is -2.43. The van der Waals surface area contributed by atoms with E-state index >= 15 is 0 Å². The zero-order valence-electron chi connectivity index (χ0n) is 15.7. The number of benzene rings is 2. The molecule has 0 bridgehead atoms. The van der Waals surface area contributed by atoms with Crippen LogP contribution >= 0.6 is 0 Å². The fourth-order valence-electron chi connectivity index (χ4n) is 3.32. The molecule has 0 amide bonds. The number of rotatable bonds is 5. The van der Waals surface area contributed by atoms with Gasteiger partial charge in [-0.3, -0.25) is 0 Å². The number of fused-ring (bicyclic) bond motifs is 2. The second-order valence-corrected chi connectivity index (χ2v) is 6.62. The summed E-state index contributed by atoms with van der Waals surface area (Å²) >= 11 is 0. The third-order valence-electron chi connectivity index (χ3n) is 4.86. The molecule has 0 fully saturated rings. The van der Waals surface area contributed by atoms with Crippen LogP contribution in [-0.4, -0.2) is 21.0 Å². The molecule has 2 aromatic heterocycles. The van der Waals surface area contributed by atoms with Crippen molar-refractivity contribution in [3.05, 3.63) is 58.6 Å². The Labute approximate surface area is 164 Å². The van der Waals surface area contributed by atoms with Gasteiger partial charge in [-0.1, -0.05) is 24.3 Å². The Morgan fingerprint density at radius 3 is 2.52 bits per heavy atom. The molecule has 1 N–H and O–H groups in total. The molecule has 10 nitrogen and oxygen atoms in total. The van der Waals surface area contributed by atoms with Gasteiger partial charge in [0.2, 0.25) is 5.52 Å². The molecule has 4 aromatic rings. The lowest BCUT2D eigenvalue weighted by atomic mass is 10.2.